The summed E-state index contributed by atoms with van der Waals surface area (Å²) in [5, 5.41) is 3.39. The van der Waals surface area contributed by atoms with Gasteiger partial charge in [0.25, 0.3) is 0 Å². The van der Waals surface area contributed by atoms with Crippen molar-refractivity contribution in [2.45, 2.75) is 26.3 Å². The third-order valence-electron chi connectivity index (χ3n) is 2.84. The first kappa shape index (κ1) is 14.2. The molecule has 0 amide bonds. The number of nitrogens with two attached hydrogens (primary N) is 1. The Kier molecular flexibility index (Phi) is 3.84. The molecule has 4 heteroatoms. The van der Waals surface area contributed by atoms with Crippen molar-refractivity contribution >= 4 is 11.4 Å². The molecular weight excluding hydrogens is 250 g/mol. The number of anilines is 2. The summed E-state index contributed by atoms with van der Waals surface area (Å²) in [6.45, 7) is 6.31. The molecule has 0 bridgehead atoms. The Morgan fingerprint density at radius 1 is 1.10 bits per heavy atom. The molecule has 1 aromatic heterocycles. The van der Waals surface area contributed by atoms with Crippen molar-refractivity contribution < 1.29 is 4.74 Å². The van der Waals surface area contributed by atoms with Crippen LogP contribution in [-0.2, 0) is 0 Å². The zero-order chi connectivity index (χ0) is 14.8. The van der Waals surface area contributed by atoms with Gasteiger partial charge in [-0.05, 0) is 44.5 Å². The molecule has 0 spiro atoms. The molecule has 0 atom stereocenters. The molecule has 0 aliphatic heterocycles. The van der Waals surface area contributed by atoms with E-state index < -0.39 is 0 Å². The average Bonchev–Trinajstić information content (AvgIpc) is 2.40. The Labute approximate surface area is 120 Å². The SMILES string of the molecule is COc1cncc(-c2ccc(NC(C)(C)C)c(N)c2)c1. The van der Waals surface area contributed by atoms with Crippen molar-refractivity contribution in [2.24, 2.45) is 0 Å². The van der Waals surface area contributed by atoms with Crippen molar-refractivity contribution in [3.8, 4) is 16.9 Å². The predicted octanol–water partition coefficient (Wildman–Crippen LogP) is 3.55. The molecule has 0 radical (unpaired) electrons. The fourth-order valence-electron chi connectivity index (χ4n) is 1.95. The lowest BCUT2D eigenvalue weighted by atomic mass is 10.0. The molecule has 0 fully saturated rings. The Morgan fingerprint density at radius 3 is 2.45 bits per heavy atom. The third-order valence-corrected chi connectivity index (χ3v) is 2.84. The van der Waals surface area contributed by atoms with E-state index in [1.165, 1.54) is 0 Å². The smallest absolute Gasteiger partial charge is 0.137 e. The highest BCUT2D eigenvalue weighted by molar-refractivity contribution is 5.76. The zero-order valence-corrected chi connectivity index (χ0v) is 12.4. The van der Waals surface area contributed by atoms with Gasteiger partial charge in [0, 0.05) is 17.3 Å². The quantitative estimate of drug-likeness (QED) is 0.838. The summed E-state index contributed by atoms with van der Waals surface area (Å²) in [4.78, 5) is 4.16. The number of ether oxygens (including phenoxy) is 1. The van der Waals surface area contributed by atoms with Crippen LogP contribution in [0, 0.1) is 0 Å². The molecular formula is C16H21N3O. The van der Waals surface area contributed by atoms with E-state index in [0.29, 0.717) is 0 Å². The minimum Gasteiger partial charge on any atom is -0.495 e. The zero-order valence-electron chi connectivity index (χ0n) is 12.4. The maximum atomic E-state index is 6.12. The summed E-state index contributed by atoms with van der Waals surface area (Å²) in [6, 6.07) is 7.92. The molecule has 0 saturated carbocycles. The van der Waals surface area contributed by atoms with Gasteiger partial charge in [-0.2, -0.15) is 0 Å². The van der Waals surface area contributed by atoms with Crippen LogP contribution in [0.5, 0.6) is 5.75 Å². The Morgan fingerprint density at radius 2 is 1.85 bits per heavy atom. The number of nitrogens with one attached hydrogen (secondary N) is 1. The van der Waals surface area contributed by atoms with E-state index in [9.17, 15) is 0 Å². The van der Waals surface area contributed by atoms with Crippen LogP contribution >= 0.6 is 0 Å². The van der Waals surface area contributed by atoms with Crippen molar-refractivity contribution in [3.63, 3.8) is 0 Å². The van der Waals surface area contributed by atoms with Crippen LogP contribution in [0.3, 0.4) is 0 Å². The van der Waals surface area contributed by atoms with Crippen molar-refractivity contribution in [1.29, 1.82) is 0 Å². The largest absolute Gasteiger partial charge is 0.495 e. The number of benzene rings is 1. The minimum atomic E-state index is -0.0207. The summed E-state index contributed by atoms with van der Waals surface area (Å²) in [5.74, 6) is 0.734. The highest BCUT2D eigenvalue weighted by Crippen LogP contribution is 2.29. The van der Waals surface area contributed by atoms with Crippen molar-refractivity contribution in [3.05, 3.63) is 36.7 Å². The van der Waals surface area contributed by atoms with Crippen LogP contribution in [0.15, 0.2) is 36.7 Å². The number of hydrogen-bond donors (Lipinski definition) is 2. The average molecular weight is 271 g/mol. The van der Waals surface area contributed by atoms with Crippen LogP contribution in [0.1, 0.15) is 20.8 Å². The molecule has 106 valence electrons. The fourth-order valence-corrected chi connectivity index (χ4v) is 1.95. The molecule has 1 heterocycles. The third kappa shape index (κ3) is 3.41. The Hall–Kier alpha value is -2.23. The number of methoxy groups -OCH3 is 1. The van der Waals surface area contributed by atoms with Gasteiger partial charge in [0.2, 0.25) is 0 Å². The molecule has 0 saturated heterocycles. The van der Waals surface area contributed by atoms with Gasteiger partial charge in [0.05, 0.1) is 24.7 Å². The monoisotopic (exact) mass is 271 g/mol. The maximum Gasteiger partial charge on any atom is 0.137 e. The maximum absolute atomic E-state index is 6.12. The molecule has 2 aromatic rings. The van der Waals surface area contributed by atoms with Crippen LogP contribution < -0.4 is 15.8 Å². The summed E-state index contributed by atoms with van der Waals surface area (Å²) < 4.78 is 5.19. The van der Waals surface area contributed by atoms with E-state index in [0.717, 1.165) is 28.3 Å². The summed E-state index contributed by atoms with van der Waals surface area (Å²) in [7, 11) is 1.63. The number of hydrogen-bond acceptors (Lipinski definition) is 4. The van der Waals surface area contributed by atoms with E-state index >= 15 is 0 Å². The Balaban J connectivity index is 2.33. The van der Waals surface area contributed by atoms with Crippen LogP contribution in [-0.4, -0.2) is 17.6 Å². The number of rotatable bonds is 3. The highest BCUT2D eigenvalue weighted by atomic mass is 16.5. The lowest BCUT2D eigenvalue weighted by Gasteiger charge is -2.23. The van der Waals surface area contributed by atoms with Gasteiger partial charge in [0.15, 0.2) is 0 Å². The summed E-state index contributed by atoms with van der Waals surface area (Å²) in [5.41, 5.74) is 9.77. The lowest BCUT2D eigenvalue weighted by molar-refractivity contribution is 0.413. The van der Waals surface area contributed by atoms with Crippen LogP contribution in [0.25, 0.3) is 11.1 Å². The molecule has 4 nitrogen and oxygen atoms in total. The predicted molar refractivity (Wildman–Crippen MR) is 84.0 cm³/mol. The molecule has 0 unspecified atom stereocenters. The molecule has 0 aliphatic carbocycles. The molecule has 2 rings (SSSR count). The van der Waals surface area contributed by atoms with Crippen LogP contribution in [0.4, 0.5) is 11.4 Å². The van der Waals surface area contributed by atoms with Crippen molar-refractivity contribution in [1.82, 2.24) is 4.98 Å². The van der Waals surface area contributed by atoms with Crippen molar-refractivity contribution in [2.75, 3.05) is 18.2 Å². The standard InChI is InChI=1S/C16H21N3O/c1-16(2,3)19-15-6-5-11(8-14(15)17)12-7-13(20-4)10-18-9-12/h5-10,19H,17H2,1-4H3. The fraction of sp³-hybridized carbons (Fsp3) is 0.312. The second-order valence-corrected chi connectivity index (χ2v) is 5.79. The van der Waals surface area contributed by atoms with Gasteiger partial charge >= 0.3 is 0 Å². The second-order valence-electron chi connectivity index (χ2n) is 5.79. The lowest BCUT2D eigenvalue weighted by Crippen LogP contribution is -2.26. The van der Waals surface area contributed by atoms with E-state index in [2.05, 4.69) is 31.1 Å². The first-order valence-corrected chi connectivity index (χ1v) is 6.56. The molecule has 1 aromatic carbocycles. The minimum absolute atomic E-state index is 0.0207. The molecule has 0 aliphatic rings. The number of aromatic nitrogens is 1. The number of nitrogens with zero attached hydrogens (tertiary/aromatic N) is 1. The first-order valence-electron chi connectivity index (χ1n) is 6.56. The second kappa shape index (κ2) is 5.41. The van der Waals surface area contributed by atoms with E-state index in [1.807, 2.05) is 24.3 Å². The highest BCUT2D eigenvalue weighted by Gasteiger charge is 2.12. The van der Waals surface area contributed by atoms with Gasteiger partial charge in [-0.1, -0.05) is 6.07 Å². The number of pyridine rings is 1. The normalized spacial score (nSPS) is 11.2. The van der Waals surface area contributed by atoms with Gasteiger partial charge in [-0.25, -0.2) is 0 Å². The van der Waals surface area contributed by atoms with E-state index in [1.54, 1.807) is 19.5 Å². The topological polar surface area (TPSA) is 60.2 Å². The van der Waals surface area contributed by atoms with E-state index in [-0.39, 0.29) is 5.54 Å². The molecule has 3 N–H and O–H groups in total. The van der Waals surface area contributed by atoms with Gasteiger partial charge in [-0.15, -0.1) is 0 Å². The van der Waals surface area contributed by atoms with Gasteiger partial charge in [-0.3, -0.25) is 4.98 Å². The molecule has 20 heavy (non-hydrogen) atoms. The van der Waals surface area contributed by atoms with E-state index in [4.69, 9.17) is 10.5 Å². The summed E-state index contributed by atoms with van der Waals surface area (Å²) in [6.07, 6.45) is 3.48. The van der Waals surface area contributed by atoms with Gasteiger partial charge < -0.3 is 15.8 Å². The van der Waals surface area contributed by atoms with Gasteiger partial charge in [0.1, 0.15) is 5.75 Å². The summed E-state index contributed by atoms with van der Waals surface area (Å²) >= 11 is 0. The first-order chi connectivity index (χ1) is 9.39. The number of nitrogen functional groups attached to an aromatic ring is 1. The Bertz CT molecular complexity index is 603. The van der Waals surface area contributed by atoms with Crippen LogP contribution in [0.2, 0.25) is 0 Å².